The van der Waals surface area contributed by atoms with Crippen LogP contribution in [0.4, 0.5) is 14.5 Å². The average Bonchev–Trinajstić information content (AvgIpc) is 3.19. The van der Waals surface area contributed by atoms with Crippen LogP contribution in [0.15, 0.2) is 71.6 Å². The molecule has 10 heteroatoms. The maximum Gasteiger partial charge on any atom is 0.256 e. The molecule has 0 aliphatic carbocycles. The van der Waals surface area contributed by atoms with Gasteiger partial charge in [0, 0.05) is 18.2 Å². The quantitative estimate of drug-likeness (QED) is 0.596. The third-order valence-corrected chi connectivity index (χ3v) is 7.54. The zero-order chi connectivity index (χ0) is 24.0. The second-order valence-corrected chi connectivity index (χ2v) is 9.92. The molecule has 0 spiro atoms. The standard InChI is InChI=1S/C24H19F2N3O4S/c25-15-6-8-17(9-7-15)34(32,33)28-16-12-22-23(30)27-21-10-5-14(18-3-1-2-4-20(18)26)11-19(21)24(31)29(22)13-16/h1-11,16,22,28H,12-13H2,(H,27,30)/t16-,22-/m0/s1. The molecule has 34 heavy (non-hydrogen) atoms. The van der Waals surface area contributed by atoms with E-state index < -0.39 is 45.6 Å². The topological polar surface area (TPSA) is 95.6 Å². The molecule has 3 aromatic carbocycles. The molecule has 2 N–H and O–H groups in total. The molecular weight excluding hydrogens is 464 g/mol. The predicted molar refractivity (Wildman–Crippen MR) is 120 cm³/mol. The number of amides is 2. The lowest BCUT2D eigenvalue weighted by Gasteiger charge is -2.20. The molecule has 2 amide bonds. The van der Waals surface area contributed by atoms with Gasteiger partial charge in [0.15, 0.2) is 0 Å². The van der Waals surface area contributed by atoms with Gasteiger partial charge < -0.3 is 10.2 Å². The fraction of sp³-hybridized carbons (Fsp3) is 0.167. The molecule has 2 atom stereocenters. The summed E-state index contributed by atoms with van der Waals surface area (Å²) in [5, 5.41) is 2.72. The van der Waals surface area contributed by atoms with Gasteiger partial charge in [-0.15, -0.1) is 0 Å². The van der Waals surface area contributed by atoms with E-state index in [1.165, 1.54) is 17.0 Å². The van der Waals surface area contributed by atoms with E-state index in [0.717, 1.165) is 24.3 Å². The van der Waals surface area contributed by atoms with E-state index in [2.05, 4.69) is 10.0 Å². The summed E-state index contributed by atoms with van der Waals surface area (Å²) >= 11 is 0. The van der Waals surface area contributed by atoms with Crippen LogP contribution in [0.5, 0.6) is 0 Å². The number of hydrogen-bond donors (Lipinski definition) is 2. The van der Waals surface area contributed by atoms with E-state index in [4.69, 9.17) is 0 Å². The number of sulfonamides is 1. The van der Waals surface area contributed by atoms with Crippen molar-refractivity contribution in [3.8, 4) is 11.1 Å². The molecule has 3 aromatic rings. The van der Waals surface area contributed by atoms with Crippen LogP contribution >= 0.6 is 0 Å². The van der Waals surface area contributed by atoms with E-state index in [-0.39, 0.29) is 23.4 Å². The number of halogens is 2. The average molecular weight is 483 g/mol. The third kappa shape index (κ3) is 3.95. The second kappa shape index (κ2) is 8.30. The summed E-state index contributed by atoms with van der Waals surface area (Å²) < 4.78 is 55.3. The van der Waals surface area contributed by atoms with Gasteiger partial charge in [-0.05, 0) is 54.4 Å². The normalized spacial score (nSPS) is 19.9. The van der Waals surface area contributed by atoms with Crippen LogP contribution in [0.3, 0.4) is 0 Å². The first kappa shape index (κ1) is 22.2. The zero-order valence-corrected chi connectivity index (χ0v) is 18.5. The zero-order valence-electron chi connectivity index (χ0n) is 17.7. The number of carbonyl (C=O) groups is 2. The summed E-state index contributed by atoms with van der Waals surface area (Å²) in [7, 11) is -3.98. The number of nitrogens with zero attached hydrogens (tertiary/aromatic N) is 1. The van der Waals surface area contributed by atoms with Crippen molar-refractivity contribution < 1.29 is 26.8 Å². The van der Waals surface area contributed by atoms with Gasteiger partial charge in [-0.2, -0.15) is 0 Å². The maximum atomic E-state index is 14.3. The van der Waals surface area contributed by atoms with E-state index in [1.54, 1.807) is 30.3 Å². The van der Waals surface area contributed by atoms with Crippen LogP contribution in [0.2, 0.25) is 0 Å². The molecule has 5 rings (SSSR count). The molecule has 1 saturated heterocycles. The Balaban J connectivity index is 1.42. The second-order valence-electron chi connectivity index (χ2n) is 8.21. The van der Waals surface area contributed by atoms with Crippen molar-refractivity contribution in [3.63, 3.8) is 0 Å². The lowest BCUT2D eigenvalue weighted by atomic mass is 10.0. The largest absolute Gasteiger partial charge is 0.325 e. The number of carbonyl (C=O) groups excluding carboxylic acids is 2. The van der Waals surface area contributed by atoms with E-state index in [9.17, 15) is 26.8 Å². The van der Waals surface area contributed by atoms with Crippen molar-refractivity contribution in [1.29, 1.82) is 0 Å². The molecule has 1 fully saturated rings. The Kier molecular flexibility index (Phi) is 5.41. The first-order chi connectivity index (χ1) is 16.2. The van der Waals surface area contributed by atoms with Gasteiger partial charge in [0.25, 0.3) is 5.91 Å². The lowest BCUT2D eigenvalue weighted by molar-refractivity contribution is -0.119. The molecule has 0 aromatic heterocycles. The molecule has 0 unspecified atom stereocenters. The molecule has 2 heterocycles. The van der Waals surface area contributed by atoms with E-state index in [0.29, 0.717) is 16.8 Å². The minimum Gasteiger partial charge on any atom is -0.325 e. The van der Waals surface area contributed by atoms with Crippen LogP contribution < -0.4 is 10.0 Å². The summed E-state index contributed by atoms with van der Waals surface area (Å²) in [6.07, 6.45) is 0.0756. The molecule has 2 aliphatic rings. The first-order valence-corrected chi connectivity index (χ1v) is 12.0. The van der Waals surface area contributed by atoms with Gasteiger partial charge in [0.2, 0.25) is 15.9 Å². The van der Waals surface area contributed by atoms with Crippen molar-refractivity contribution in [2.24, 2.45) is 0 Å². The highest BCUT2D eigenvalue weighted by Gasteiger charge is 2.44. The number of rotatable bonds is 4. The smallest absolute Gasteiger partial charge is 0.256 e. The summed E-state index contributed by atoms with van der Waals surface area (Å²) in [4.78, 5) is 27.4. The van der Waals surface area contributed by atoms with Crippen molar-refractivity contribution in [1.82, 2.24) is 9.62 Å². The number of benzene rings is 3. The fourth-order valence-corrected chi connectivity index (χ4v) is 5.60. The van der Waals surface area contributed by atoms with Crippen molar-refractivity contribution in [2.45, 2.75) is 23.4 Å². The highest BCUT2D eigenvalue weighted by molar-refractivity contribution is 7.89. The summed E-state index contributed by atoms with van der Waals surface area (Å²) in [6.45, 7) is -0.0271. The first-order valence-electron chi connectivity index (χ1n) is 10.5. The van der Waals surface area contributed by atoms with Gasteiger partial charge in [-0.1, -0.05) is 24.3 Å². The fourth-order valence-electron chi connectivity index (χ4n) is 4.36. The van der Waals surface area contributed by atoms with E-state index >= 15 is 0 Å². The maximum absolute atomic E-state index is 14.3. The van der Waals surface area contributed by atoms with Crippen LogP contribution in [0.25, 0.3) is 11.1 Å². The molecule has 174 valence electrons. The van der Waals surface area contributed by atoms with Crippen molar-refractivity contribution in [2.75, 3.05) is 11.9 Å². The summed E-state index contributed by atoms with van der Waals surface area (Å²) in [5.74, 6) is -1.90. The Morgan fingerprint density at radius 2 is 1.68 bits per heavy atom. The summed E-state index contributed by atoms with van der Waals surface area (Å²) in [6, 6.07) is 13.6. The van der Waals surface area contributed by atoms with Gasteiger partial charge in [-0.3, -0.25) is 9.59 Å². The van der Waals surface area contributed by atoms with Gasteiger partial charge in [-0.25, -0.2) is 21.9 Å². The Morgan fingerprint density at radius 1 is 0.941 bits per heavy atom. The highest BCUT2D eigenvalue weighted by atomic mass is 32.2. The minimum atomic E-state index is -3.98. The van der Waals surface area contributed by atoms with Gasteiger partial charge in [0.1, 0.15) is 17.7 Å². The molecule has 0 bridgehead atoms. The number of anilines is 1. The monoisotopic (exact) mass is 483 g/mol. The molecule has 2 aliphatic heterocycles. The lowest BCUT2D eigenvalue weighted by Crippen LogP contribution is -2.41. The van der Waals surface area contributed by atoms with Gasteiger partial charge >= 0.3 is 0 Å². The van der Waals surface area contributed by atoms with Crippen LogP contribution in [0.1, 0.15) is 16.8 Å². The molecule has 0 radical (unpaired) electrons. The van der Waals surface area contributed by atoms with Crippen LogP contribution in [-0.2, 0) is 14.8 Å². The van der Waals surface area contributed by atoms with Gasteiger partial charge in [0.05, 0.1) is 16.1 Å². The van der Waals surface area contributed by atoms with E-state index in [1.807, 2.05) is 0 Å². The molecular formula is C24H19F2N3O4S. The van der Waals surface area contributed by atoms with Crippen LogP contribution in [-0.4, -0.2) is 43.8 Å². The Morgan fingerprint density at radius 3 is 2.41 bits per heavy atom. The predicted octanol–water partition coefficient (Wildman–Crippen LogP) is 3.15. The number of fused-ring (bicyclic) bond motifs is 2. The number of nitrogens with one attached hydrogen (secondary N) is 2. The minimum absolute atomic E-state index is 0.0271. The van der Waals surface area contributed by atoms with Crippen LogP contribution in [0, 0.1) is 11.6 Å². The molecule has 0 saturated carbocycles. The highest BCUT2D eigenvalue weighted by Crippen LogP contribution is 2.33. The third-order valence-electron chi connectivity index (χ3n) is 6.00. The van der Waals surface area contributed by atoms with Crippen molar-refractivity contribution >= 4 is 27.5 Å². The Labute approximate surface area is 194 Å². The SMILES string of the molecule is O=C1Nc2ccc(-c3ccccc3F)cc2C(=O)N2C[C@@H](NS(=O)(=O)c3ccc(F)cc3)C[C@@H]12. The molecule has 7 nitrogen and oxygen atoms in total. The van der Waals surface area contributed by atoms with Crippen molar-refractivity contribution in [3.05, 3.63) is 83.9 Å². The Hall–Kier alpha value is -3.63. The summed E-state index contributed by atoms with van der Waals surface area (Å²) in [5.41, 5.74) is 1.30. The Bertz CT molecular complexity index is 1410. The number of hydrogen-bond acceptors (Lipinski definition) is 4.